The Hall–Kier alpha value is 0. The summed E-state index contributed by atoms with van der Waals surface area (Å²) in [6.07, 6.45) is 11.5. The van der Waals surface area contributed by atoms with Crippen molar-refractivity contribution >= 4 is 0 Å². The molecule has 19 heavy (non-hydrogen) atoms. The molecule has 9 atom stereocenters. The van der Waals surface area contributed by atoms with E-state index in [4.69, 9.17) is 0 Å². The molecule has 8 saturated carbocycles. The zero-order valence-corrected chi connectivity index (χ0v) is 12.6. The van der Waals surface area contributed by atoms with E-state index < -0.39 is 0 Å². The van der Waals surface area contributed by atoms with Crippen LogP contribution in [0.1, 0.15) is 58.8 Å². The van der Waals surface area contributed by atoms with Gasteiger partial charge in [0.15, 0.2) is 0 Å². The SMILES string of the molecule is CC1(C)C2CC3CC1C1C4CC5CC(C4)C3C1(C5)C2. The first kappa shape index (κ1) is 10.7. The second-order valence-electron chi connectivity index (χ2n) is 10.1. The van der Waals surface area contributed by atoms with Crippen molar-refractivity contribution in [2.45, 2.75) is 58.8 Å². The van der Waals surface area contributed by atoms with E-state index in [1.165, 1.54) is 17.8 Å². The molecule has 1 spiro atoms. The molecular weight excluding hydrogens is 228 g/mol. The monoisotopic (exact) mass is 256 g/mol. The van der Waals surface area contributed by atoms with Gasteiger partial charge in [0.1, 0.15) is 0 Å². The highest BCUT2D eigenvalue weighted by Gasteiger charge is 2.74. The highest BCUT2D eigenvalue weighted by Crippen LogP contribution is 2.81. The van der Waals surface area contributed by atoms with Gasteiger partial charge in [0.2, 0.25) is 0 Å². The summed E-state index contributed by atoms with van der Waals surface area (Å²) in [5.41, 5.74) is 1.58. The van der Waals surface area contributed by atoms with Crippen molar-refractivity contribution in [3.05, 3.63) is 0 Å². The molecule has 9 unspecified atom stereocenters. The minimum atomic E-state index is 0.687. The molecule has 0 N–H and O–H groups in total. The van der Waals surface area contributed by atoms with Crippen LogP contribution in [0.4, 0.5) is 0 Å². The molecule has 104 valence electrons. The van der Waals surface area contributed by atoms with Crippen molar-refractivity contribution in [3.63, 3.8) is 0 Å². The molecule has 0 aromatic carbocycles. The lowest BCUT2D eigenvalue weighted by atomic mass is 9.25. The number of hydrogen-bond acceptors (Lipinski definition) is 0. The van der Waals surface area contributed by atoms with Crippen LogP contribution < -0.4 is 0 Å². The fourth-order valence-corrected chi connectivity index (χ4v) is 9.60. The summed E-state index contributed by atoms with van der Waals surface area (Å²) in [7, 11) is 0. The van der Waals surface area contributed by atoms with E-state index >= 15 is 0 Å². The maximum absolute atomic E-state index is 2.65. The first-order valence-corrected chi connectivity index (χ1v) is 9.09. The van der Waals surface area contributed by atoms with E-state index in [0.29, 0.717) is 5.41 Å². The topological polar surface area (TPSA) is 0 Å². The Labute approximate surface area is 117 Å². The molecule has 9 bridgehead atoms. The molecule has 0 amide bonds. The first-order chi connectivity index (χ1) is 9.09. The van der Waals surface area contributed by atoms with Crippen LogP contribution in [0.15, 0.2) is 0 Å². The van der Waals surface area contributed by atoms with Crippen molar-refractivity contribution in [1.82, 2.24) is 0 Å². The molecule has 0 aromatic heterocycles. The first-order valence-electron chi connectivity index (χ1n) is 9.09. The zero-order valence-electron chi connectivity index (χ0n) is 12.6. The molecule has 8 aliphatic carbocycles. The molecular formula is C19H28. The predicted molar refractivity (Wildman–Crippen MR) is 76.5 cm³/mol. The van der Waals surface area contributed by atoms with E-state index in [-0.39, 0.29) is 0 Å². The van der Waals surface area contributed by atoms with E-state index in [2.05, 4.69) is 13.8 Å². The summed E-state index contributed by atoms with van der Waals surface area (Å²) in [6, 6.07) is 0. The molecule has 0 heteroatoms. The van der Waals surface area contributed by atoms with Crippen LogP contribution in [0.3, 0.4) is 0 Å². The Balaban J connectivity index is 1.59. The maximum Gasteiger partial charge on any atom is -0.0225 e. The van der Waals surface area contributed by atoms with Gasteiger partial charge in [-0.1, -0.05) is 13.8 Å². The second kappa shape index (κ2) is 2.81. The van der Waals surface area contributed by atoms with Crippen molar-refractivity contribution in [2.75, 3.05) is 0 Å². The van der Waals surface area contributed by atoms with Crippen LogP contribution in [0, 0.1) is 58.2 Å². The normalized spacial score (nSPS) is 69.8. The van der Waals surface area contributed by atoms with Gasteiger partial charge in [0, 0.05) is 0 Å². The third kappa shape index (κ3) is 0.940. The summed E-state index contributed by atoms with van der Waals surface area (Å²) >= 11 is 0. The summed E-state index contributed by atoms with van der Waals surface area (Å²) in [5.74, 6) is 9.27. The fraction of sp³-hybridized carbons (Fsp3) is 1.00. The molecule has 0 nitrogen and oxygen atoms in total. The fourth-order valence-electron chi connectivity index (χ4n) is 9.60. The van der Waals surface area contributed by atoms with E-state index in [1.807, 2.05) is 0 Å². The van der Waals surface area contributed by atoms with Crippen LogP contribution >= 0.6 is 0 Å². The standard InChI is InChI=1S/C19H28/c1-18(2)14-6-13-7-15(18)17-12-4-10-3-11(5-12)16(13)19(17,8-10)9-14/h10-17H,3-9H2,1-2H3. The van der Waals surface area contributed by atoms with Gasteiger partial charge in [-0.3, -0.25) is 0 Å². The average molecular weight is 256 g/mol. The second-order valence-corrected chi connectivity index (χ2v) is 10.1. The van der Waals surface area contributed by atoms with Crippen LogP contribution in [-0.4, -0.2) is 0 Å². The van der Waals surface area contributed by atoms with Gasteiger partial charge in [-0.05, 0) is 103 Å². The van der Waals surface area contributed by atoms with Gasteiger partial charge in [-0.2, -0.15) is 0 Å². The molecule has 0 aliphatic heterocycles. The van der Waals surface area contributed by atoms with Crippen LogP contribution in [0.25, 0.3) is 0 Å². The van der Waals surface area contributed by atoms with Crippen molar-refractivity contribution < 1.29 is 0 Å². The molecule has 8 aliphatic rings. The quantitative estimate of drug-likeness (QED) is 0.587. The Bertz CT molecular complexity index is 463. The zero-order chi connectivity index (χ0) is 12.6. The minimum absolute atomic E-state index is 0.687. The van der Waals surface area contributed by atoms with Crippen LogP contribution in [0.5, 0.6) is 0 Å². The molecule has 0 aromatic rings. The number of hydrogen-bond donors (Lipinski definition) is 0. The lowest BCUT2D eigenvalue weighted by Gasteiger charge is -2.79. The van der Waals surface area contributed by atoms with Gasteiger partial charge >= 0.3 is 0 Å². The molecule has 0 radical (unpaired) electrons. The highest BCUT2D eigenvalue weighted by molar-refractivity contribution is 5.22. The highest BCUT2D eigenvalue weighted by atomic mass is 14.8. The third-order valence-electron chi connectivity index (χ3n) is 9.61. The maximum atomic E-state index is 2.65. The van der Waals surface area contributed by atoms with Gasteiger partial charge in [-0.15, -0.1) is 0 Å². The molecule has 0 saturated heterocycles. The summed E-state index contributed by atoms with van der Waals surface area (Å²) in [4.78, 5) is 0. The Morgan fingerprint density at radius 3 is 2.32 bits per heavy atom. The Kier molecular flexibility index (Phi) is 1.58. The summed E-state index contributed by atoms with van der Waals surface area (Å²) in [6.45, 7) is 5.30. The smallest absolute Gasteiger partial charge is 0.0225 e. The van der Waals surface area contributed by atoms with Crippen molar-refractivity contribution in [3.8, 4) is 0 Å². The van der Waals surface area contributed by atoms with Gasteiger partial charge in [-0.25, -0.2) is 0 Å². The average Bonchev–Trinajstić information content (AvgIpc) is 2.32. The van der Waals surface area contributed by atoms with E-state index in [9.17, 15) is 0 Å². The summed E-state index contributed by atoms with van der Waals surface area (Å²) in [5, 5.41) is 0. The third-order valence-corrected chi connectivity index (χ3v) is 9.61. The Morgan fingerprint density at radius 1 is 0.737 bits per heavy atom. The summed E-state index contributed by atoms with van der Waals surface area (Å²) < 4.78 is 0. The van der Waals surface area contributed by atoms with Gasteiger partial charge < -0.3 is 0 Å². The van der Waals surface area contributed by atoms with Gasteiger partial charge in [0.25, 0.3) is 0 Å². The van der Waals surface area contributed by atoms with E-state index in [1.54, 1.807) is 44.9 Å². The van der Waals surface area contributed by atoms with Crippen molar-refractivity contribution in [2.24, 2.45) is 58.2 Å². The van der Waals surface area contributed by atoms with E-state index in [0.717, 1.165) is 35.0 Å². The van der Waals surface area contributed by atoms with Crippen molar-refractivity contribution in [1.29, 1.82) is 0 Å². The van der Waals surface area contributed by atoms with Crippen LogP contribution in [0.2, 0.25) is 0 Å². The Morgan fingerprint density at radius 2 is 1.47 bits per heavy atom. The number of rotatable bonds is 0. The molecule has 8 rings (SSSR count). The minimum Gasteiger partial charge on any atom is -0.0594 e. The van der Waals surface area contributed by atoms with Gasteiger partial charge in [0.05, 0.1) is 0 Å². The molecule has 8 fully saturated rings. The molecule has 0 heterocycles. The lowest BCUT2D eigenvalue weighted by Crippen LogP contribution is -2.72. The largest absolute Gasteiger partial charge is 0.0594 e. The predicted octanol–water partition coefficient (Wildman–Crippen LogP) is 4.74. The van der Waals surface area contributed by atoms with Crippen LogP contribution in [-0.2, 0) is 0 Å². The lowest BCUT2D eigenvalue weighted by molar-refractivity contribution is -0.308.